The predicted octanol–water partition coefficient (Wildman–Crippen LogP) is 5.75. The minimum absolute atomic E-state index is 0.000645. The summed E-state index contributed by atoms with van der Waals surface area (Å²) in [5, 5.41) is 11.5. The molecule has 4 rings (SSSR count). The van der Waals surface area contributed by atoms with Crippen LogP contribution in [0.1, 0.15) is 41.3 Å². The van der Waals surface area contributed by atoms with Crippen LogP contribution in [0.25, 0.3) is 0 Å². The molecule has 3 aromatic rings. The average Bonchev–Trinajstić information content (AvgIpc) is 3.26. The van der Waals surface area contributed by atoms with Crippen LogP contribution in [0.15, 0.2) is 78.9 Å². The lowest BCUT2D eigenvalue weighted by Crippen LogP contribution is -2.39. The molecule has 2 unspecified atom stereocenters. The Balaban J connectivity index is 1.60. The van der Waals surface area contributed by atoms with E-state index in [0.717, 1.165) is 5.56 Å². The van der Waals surface area contributed by atoms with Gasteiger partial charge in [-0.05, 0) is 41.7 Å². The number of carbonyl (C=O) groups is 1. The highest BCUT2D eigenvalue weighted by Crippen LogP contribution is 2.35. The van der Waals surface area contributed by atoms with Crippen molar-refractivity contribution in [1.82, 2.24) is 9.80 Å². The molecule has 0 spiro atoms. The Morgan fingerprint density at radius 1 is 1.03 bits per heavy atom. The van der Waals surface area contributed by atoms with Gasteiger partial charge >= 0.3 is 0 Å². The minimum Gasteiger partial charge on any atom is -0.338 e. The van der Waals surface area contributed by atoms with Crippen LogP contribution in [0.2, 0.25) is 0 Å². The molecule has 1 saturated heterocycles. The number of amides is 1. The zero-order valence-electron chi connectivity index (χ0n) is 20.7. The monoisotopic (exact) mass is 489 g/mol. The molecule has 1 heterocycles. The molecule has 7 heteroatoms. The largest absolute Gasteiger partial charge is 0.338 e. The Morgan fingerprint density at radius 2 is 1.69 bits per heavy atom. The predicted molar refractivity (Wildman–Crippen MR) is 138 cm³/mol. The number of nitrogens with zero attached hydrogens (tertiary/aromatic N) is 3. The molecule has 0 saturated carbocycles. The third kappa shape index (κ3) is 6.15. The lowest BCUT2D eigenvalue weighted by atomic mass is 9.88. The van der Waals surface area contributed by atoms with Crippen molar-refractivity contribution in [2.24, 2.45) is 11.8 Å². The molecule has 0 bridgehead atoms. The summed E-state index contributed by atoms with van der Waals surface area (Å²) in [7, 11) is 0. The first-order valence-corrected chi connectivity index (χ1v) is 12.4. The van der Waals surface area contributed by atoms with Gasteiger partial charge in [0.1, 0.15) is 5.82 Å². The highest BCUT2D eigenvalue weighted by Gasteiger charge is 2.36. The van der Waals surface area contributed by atoms with Crippen molar-refractivity contribution in [2.75, 3.05) is 26.2 Å². The van der Waals surface area contributed by atoms with Gasteiger partial charge in [0.2, 0.25) is 0 Å². The molecular formula is C29H32FN3O3. The molecule has 188 valence electrons. The van der Waals surface area contributed by atoms with Crippen molar-refractivity contribution in [1.29, 1.82) is 0 Å². The van der Waals surface area contributed by atoms with Crippen LogP contribution in [0.3, 0.4) is 0 Å². The number of hydrogen-bond donors (Lipinski definition) is 0. The van der Waals surface area contributed by atoms with Crippen LogP contribution >= 0.6 is 0 Å². The third-order valence-electron chi connectivity index (χ3n) is 6.75. The molecule has 0 aromatic heterocycles. The van der Waals surface area contributed by atoms with E-state index in [1.54, 1.807) is 12.1 Å². The molecule has 1 aliphatic rings. The number of benzene rings is 3. The second kappa shape index (κ2) is 11.4. The zero-order chi connectivity index (χ0) is 25.7. The molecule has 1 amide bonds. The van der Waals surface area contributed by atoms with Crippen LogP contribution in [0, 0.1) is 27.8 Å². The van der Waals surface area contributed by atoms with Crippen molar-refractivity contribution >= 4 is 11.6 Å². The van der Waals surface area contributed by atoms with E-state index in [2.05, 4.69) is 18.7 Å². The number of nitro benzene ring substituents is 1. The topological polar surface area (TPSA) is 66.7 Å². The van der Waals surface area contributed by atoms with Crippen molar-refractivity contribution in [3.63, 3.8) is 0 Å². The fourth-order valence-electron chi connectivity index (χ4n) is 5.15. The number of halogens is 1. The number of carbonyl (C=O) groups excluding carboxylic acids is 1. The Kier molecular flexibility index (Phi) is 8.10. The van der Waals surface area contributed by atoms with E-state index in [-0.39, 0.29) is 34.2 Å². The van der Waals surface area contributed by atoms with Gasteiger partial charge in [0, 0.05) is 55.8 Å². The van der Waals surface area contributed by atoms with Gasteiger partial charge in [-0.25, -0.2) is 4.39 Å². The van der Waals surface area contributed by atoms with E-state index in [9.17, 15) is 19.3 Å². The maximum Gasteiger partial charge on any atom is 0.273 e. The maximum absolute atomic E-state index is 13.7. The van der Waals surface area contributed by atoms with Gasteiger partial charge in [0.05, 0.1) is 4.92 Å². The number of likely N-dealkylation sites (tertiary alicyclic amines) is 1. The molecule has 6 nitrogen and oxygen atoms in total. The standard InChI is InChI=1S/C29H32FN3O3/c1-21(2)16-32(29(34)23-8-4-3-5-9-23)19-25-18-31(17-24-10-6-7-11-28(24)33(35)36)20-27(25)22-12-14-26(30)15-13-22/h3-15,21,25,27H,16-20H2,1-2H3. The minimum atomic E-state index is -0.344. The van der Waals surface area contributed by atoms with Crippen LogP contribution < -0.4 is 0 Å². The number of nitro groups is 1. The van der Waals surface area contributed by atoms with Crippen molar-refractivity contribution in [3.05, 3.63) is 111 Å². The van der Waals surface area contributed by atoms with Crippen molar-refractivity contribution in [2.45, 2.75) is 26.3 Å². The Bertz CT molecular complexity index is 1180. The Hall–Kier alpha value is -3.58. The fourth-order valence-corrected chi connectivity index (χ4v) is 5.15. The zero-order valence-corrected chi connectivity index (χ0v) is 20.7. The molecule has 3 aromatic carbocycles. The molecule has 2 atom stereocenters. The van der Waals surface area contributed by atoms with Gasteiger partial charge in [0.25, 0.3) is 11.6 Å². The van der Waals surface area contributed by atoms with Crippen molar-refractivity contribution < 1.29 is 14.1 Å². The molecular weight excluding hydrogens is 457 g/mol. The van der Waals surface area contributed by atoms with E-state index in [1.165, 1.54) is 18.2 Å². The molecule has 0 aliphatic carbocycles. The van der Waals surface area contributed by atoms with Crippen LogP contribution in [-0.4, -0.2) is 46.8 Å². The van der Waals surface area contributed by atoms with Gasteiger partial charge < -0.3 is 4.90 Å². The molecule has 36 heavy (non-hydrogen) atoms. The normalized spacial score (nSPS) is 17.9. The highest BCUT2D eigenvalue weighted by atomic mass is 19.1. The van der Waals surface area contributed by atoms with E-state index >= 15 is 0 Å². The Morgan fingerprint density at radius 3 is 2.36 bits per heavy atom. The summed E-state index contributed by atoms with van der Waals surface area (Å²) in [6.45, 7) is 7.19. The molecule has 1 aliphatic heterocycles. The SMILES string of the molecule is CC(C)CN(CC1CN(Cc2ccccc2[N+](=O)[O-])CC1c1ccc(F)cc1)C(=O)c1ccccc1. The first-order valence-electron chi connectivity index (χ1n) is 12.4. The lowest BCUT2D eigenvalue weighted by Gasteiger charge is -2.30. The fraction of sp³-hybridized carbons (Fsp3) is 0.345. The number of para-hydroxylation sites is 1. The summed E-state index contributed by atoms with van der Waals surface area (Å²) in [5.41, 5.74) is 2.45. The van der Waals surface area contributed by atoms with Gasteiger partial charge in [-0.1, -0.05) is 62.4 Å². The Labute approximate surface area is 211 Å². The van der Waals surface area contributed by atoms with Crippen LogP contribution in [-0.2, 0) is 6.54 Å². The smallest absolute Gasteiger partial charge is 0.273 e. The second-order valence-corrected chi connectivity index (χ2v) is 9.97. The molecule has 0 radical (unpaired) electrons. The first kappa shape index (κ1) is 25.5. The third-order valence-corrected chi connectivity index (χ3v) is 6.75. The van der Waals surface area contributed by atoms with Crippen LogP contribution in [0.5, 0.6) is 0 Å². The summed E-state index contributed by atoms with van der Waals surface area (Å²) < 4.78 is 13.7. The maximum atomic E-state index is 13.7. The first-order chi connectivity index (χ1) is 17.3. The average molecular weight is 490 g/mol. The van der Waals surface area contributed by atoms with Crippen LogP contribution in [0.4, 0.5) is 10.1 Å². The van der Waals surface area contributed by atoms with E-state index in [0.29, 0.717) is 49.8 Å². The van der Waals surface area contributed by atoms with Crippen molar-refractivity contribution in [3.8, 4) is 0 Å². The summed E-state index contributed by atoms with van der Waals surface area (Å²) >= 11 is 0. The van der Waals surface area contributed by atoms with Gasteiger partial charge in [-0.15, -0.1) is 0 Å². The lowest BCUT2D eigenvalue weighted by molar-refractivity contribution is -0.385. The van der Waals surface area contributed by atoms with E-state index < -0.39 is 0 Å². The van der Waals surface area contributed by atoms with Gasteiger partial charge in [0.15, 0.2) is 0 Å². The number of hydrogen-bond acceptors (Lipinski definition) is 4. The second-order valence-electron chi connectivity index (χ2n) is 9.97. The summed E-state index contributed by atoms with van der Waals surface area (Å²) in [6, 6.07) is 22.7. The number of rotatable bonds is 9. The summed E-state index contributed by atoms with van der Waals surface area (Å²) in [4.78, 5) is 28.8. The van der Waals surface area contributed by atoms with E-state index in [1.807, 2.05) is 53.4 Å². The van der Waals surface area contributed by atoms with Gasteiger partial charge in [-0.3, -0.25) is 19.8 Å². The van der Waals surface area contributed by atoms with E-state index in [4.69, 9.17) is 0 Å². The quantitative estimate of drug-likeness (QED) is 0.284. The highest BCUT2D eigenvalue weighted by molar-refractivity contribution is 5.94. The summed E-state index contributed by atoms with van der Waals surface area (Å²) in [5.74, 6) is 0.188. The summed E-state index contributed by atoms with van der Waals surface area (Å²) in [6.07, 6.45) is 0. The molecule has 0 N–H and O–H groups in total. The molecule has 1 fully saturated rings. The van der Waals surface area contributed by atoms with Gasteiger partial charge in [-0.2, -0.15) is 0 Å².